The van der Waals surface area contributed by atoms with Crippen molar-refractivity contribution in [3.63, 3.8) is 0 Å². The lowest BCUT2D eigenvalue weighted by Crippen LogP contribution is -2.42. The first-order valence-electron chi connectivity index (χ1n) is 5.25. The summed E-state index contributed by atoms with van der Waals surface area (Å²) in [4.78, 5) is 13.1. The molecule has 3 unspecified atom stereocenters. The number of ether oxygens (including phenoxy) is 2. The number of nitrogens with zero attached hydrogens (tertiary/aromatic N) is 1. The van der Waals surface area contributed by atoms with Gasteiger partial charge in [-0.3, -0.25) is 9.69 Å². The van der Waals surface area contributed by atoms with Gasteiger partial charge >= 0.3 is 5.97 Å². The molecule has 0 amide bonds. The lowest BCUT2D eigenvalue weighted by Gasteiger charge is -2.24. The van der Waals surface area contributed by atoms with Gasteiger partial charge in [0.1, 0.15) is 6.04 Å². The molecule has 0 radical (unpaired) electrons. The summed E-state index contributed by atoms with van der Waals surface area (Å²) in [6, 6.07) is -0.466. The molecular formula is C10H19NO5. The van der Waals surface area contributed by atoms with Gasteiger partial charge < -0.3 is 19.7 Å². The van der Waals surface area contributed by atoms with Crippen LogP contribution in [-0.4, -0.2) is 73.2 Å². The average Bonchev–Trinajstić information content (AvgIpc) is 2.58. The Bertz CT molecular complexity index is 235. The predicted octanol–water partition coefficient (Wildman–Crippen LogP) is -1.40. The van der Waals surface area contributed by atoms with Crippen molar-refractivity contribution < 1.29 is 24.5 Å². The summed E-state index contributed by atoms with van der Waals surface area (Å²) in [5.41, 5.74) is 0. The van der Waals surface area contributed by atoms with Gasteiger partial charge in [0, 0.05) is 26.6 Å². The Morgan fingerprint density at radius 3 is 2.81 bits per heavy atom. The number of hydrogen-bond donors (Lipinski definition) is 2. The van der Waals surface area contributed by atoms with E-state index in [0.717, 1.165) is 0 Å². The van der Waals surface area contributed by atoms with Crippen molar-refractivity contribution in [1.29, 1.82) is 0 Å². The van der Waals surface area contributed by atoms with Crippen molar-refractivity contribution in [2.75, 3.05) is 33.9 Å². The van der Waals surface area contributed by atoms with Crippen LogP contribution in [0.25, 0.3) is 0 Å². The molecule has 0 aromatic heterocycles. The highest BCUT2D eigenvalue weighted by molar-refractivity contribution is 5.76. The van der Waals surface area contributed by atoms with Gasteiger partial charge in [0.15, 0.2) is 0 Å². The normalized spacial score (nSPS) is 28.0. The van der Waals surface area contributed by atoms with E-state index >= 15 is 0 Å². The van der Waals surface area contributed by atoms with Crippen LogP contribution in [-0.2, 0) is 14.3 Å². The van der Waals surface area contributed by atoms with Crippen LogP contribution in [0.1, 0.15) is 6.42 Å². The van der Waals surface area contributed by atoms with Gasteiger partial charge in [0.25, 0.3) is 0 Å². The minimum atomic E-state index is -0.664. The number of hydrogen-bond acceptors (Lipinski definition) is 6. The van der Waals surface area contributed by atoms with Crippen molar-refractivity contribution in [2.24, 2.45) is 0 Å². The van der Waals surface area contributed by atoms with Gasteiger partial charge in [-0.25, -0.2) is 0 Å². The van der Waals surface area contributed by atoms with Crippen LogP contribution in [0.4, 0.5) is 0 Å². The van der Waals surface area contributed by atoms with E-state index in [2.05, 4.69) is 4.74 Å². The number of aliphatic hydroxyl groups excluding tert-OH is 2. The van der Waals surface area contributed by atoms with Gasteiger partial charge in [0.2, 0.25) is 0 Å². The van der Waals surface area contributed by atoms with Crippen LogP contribution in [0, 0.1) is 0 Å². The lowest BCUT2D eigenvalue weighted by molar-refractivity contribution is -0.146. The molecule has 2 N–H and O–H groups in total. The molecule has 0 saturated carbocycles. The zero-order valence-corrected chi connectivity index (χ0v) is 9.63. The summed E-state index contributed by atoms with van der Waals surface area (Å²) >= 11 is 0. The highest BCUT2D eigenvalue weighted by Crippen LogP contribution is 2.19. The third kappa shape index (κ3) is 3.41. The molecule has 0 aliphatic carbocycles. The van der Waals surface area contributed by atoms with E-state index in [-0.39, 0.29) is 12.6 Å². The molecule has 1 aliphatic heterocycles. The monoisotopic (exact) mass is 233 g/mol. The van der Waals surface area contributed by atoms with Crippen LogP contribution in [0.2, 0.25) is 0 Å². The van der Waals surface area contributed by atoms with E-state index in [0.29, 0.717) is 19.5 Å². The number of methoxy groups -OCH3 is 2. The molecule has 16 heavy (non-hydrogen) atoms. The first-order valence-corrected chi connectivity index (χ1v) is 5.25. The van der Waals surface area contributed by atoms with Gasteiger partial charge in [0.05, 0.1) is 25.9 Å². The maximum atomic E-state index is 11.4. The molecule has 1 saturated heterocycles. The number of carbonyl (C=O) groups excluding carboxylic acids is 1. The third-order valence-corrected chi connectivity index (χ3v) is 2.66. The average molecular weight is 233 g/mol. The van der Waals surface area contributed by atoms with E-state index in [1.54, 1.807) is 4.90 Å². The SMILES string of the molecule is COCC(O)CN1CC(O)CC1C(=O)OC. The van der Waals surface area contributed by atoms with Crippen LogP contribution < -0.4 is 0 Å². The Kier molecular flexibility index (Phi) is 5.14. The van der Waals surface area contributed by atoms with E-state index in [9.17, 15) is 15.0 Å². The fourth-order valence-corrected chi connectivity index (χ4v) is 1.98. The molecule has 0 bridgehead atoms. The summed E-state index contributed by atoms with van der Waals surface area (Å²) in [7, 11) is 2.82. The molecule has 6 heteroatoms. The first kappa shape index (κ1) is 13.4. The maximum Gasteiger partial charge on any atom is 0.323 e. The van der Waals surface area contributed by atoms with E-state index in [1.165, 1.54) is 14.2 Å². The minimum Gasteiger partial charge on any atom is -0.468 e. The molecule has 1 heterocycles. The number of likely N-dealkylation sites (tertiary alicyclic amines) is 1. The highest BCUT2D eigenvalue weighted by Gasteiger charge is 2.37. The third-order valence-electron chi connectivity index (χ3n) is 2.66. The van der Waals surface area contributed by atoms with Gasteiger partial charge in [-0.2, -0.15) is 0 Å². The Hall–Kier alpha value is -0.690. The molecule has 1 aliphatic rings. The molecule has 94 valence electrons. The number of esters is 1. The molecule has 0 aromatic carbocycles. The Labute approximate surface area is 94.8 Å². The lowest BCUT2D eigenvalue weighted by atomic mass is 10.2. The fourth-order valence-electron chi connectivity index (χ4n) is 1.98. The number of rotatable bonds is 5. The van der Waals surface area contributed by atoms with Crippen molar-refractivity contribution in [3.05, 3.63) is 0 Å². The van der Waals surface area contributed by atoms with Gasteiger partial charge in [-0.15, -0.1) is 0 Å². The van der Waals surface area contributed by atoms with E-state index in [4.69, 9.17) is 4.74 Å². The standard InChI is InChI=1S/C10H19NO5/c1-15-6-8(13)5-11-4-7(12)3-9(11)10(14)16-2/h7-9,12-13H,3-6H2,1-2H3. The zero-order valence-electron chi connectivity index (χ0n) is 9.63. The quantitative estimate of drug-likeness (QED) is 0.569. The minimum absolute atomic E-state index is 0.209. The smallest absolute Gasteiger partial charge is 0.323 e. The fraction of sp³-hybridized carbons (Fsp3) is 0.900. The second kappa shape index (κ2) is 6.15. The molecule has 1 rings (SSSR count). The van der Waals surface area contributed by atoms with Crippen molar-refractivity contribution in [3.8, 4) is 0 Å². The molecule has 0 aromatic rings. The van der Waals surface area contributed by atoms with Crippen LogP contribution >= 0.6 is 0 Å². The Morgan fingerprint density at radius 1 is 1.56 bits per heavy atom. The summed E-state index contributed by atoms with van der Waals surface area (Å²) in [6.45, 7) is 0.881. The molecule has 0 spiro atoms. The van der Waals surface area contributed by atoms with Crippen LogP contribution in [0.3, 0.4) is 0 Å². The Balaban J connectivity index is 2.52. The van der Waals surface area contributed by atoms with Gasteiger partial charge in [-0.05, 0) is 0 Å². The van der Waals surface area contributed by atoms with Crippen molar-refractivity contribution >= 4 is 5.97 Å². The summed E-state index contributed by atoms with van der Waals surface area (Å²) in [5.74, 6) is -0.374. The second-order valence-corrected chi connectivity index (χ2v) is 3.99. The number of aliphatic hydroxyl groups is 2. The van der Waals surface area contributed by atoms with Crippen molar-refractivity contribution in [1.82, 2.24) is 4.90 Å². The largest absolute Gasteiger partial charge is 0.468 e. The first-order chi connectivity index (χ1) is 7.58. The van der Waals surface area contributed by atoms with Gasteiger partial charge in [-0.1, -0.05) is 0 Å². The topological polar surface area (TPSA) is 79.2 Å². The zero-order chi connectivity index (χ0) is 12.1. The molecular weight excluding hydrogens is 214 g/mol. The van der Waals surface area contributed by atoms with Crippen molar-refractivity contribution in [2.45, 2.75) is 24.7 Å². The molecule has 1 fully saturated rings. The van der Waals surface area contributed by atoms with Crippen LogP contribution in [0.15, 0.2) is 0 Å². The Morgan fingerprint density at radius 2 is 2.25 bits per heavy atom. The summed E-state index contributed by atoms with van der Waals surface area (Å²) in [6.07, 6.45) is -0.854. The molecule has 6 nitrogen and oxygen atoms in total. The van der Waals surface area contributed by atoms with E-state index < -0.39 is 18.2 Å². The number of β-amino-alcohol motifs (C(OH)–C–C–N with tert-alkyl or cyclic N) is 2. The maximum absolute atomic E-state index is 11.4. The highest BCUT2D eigenvalue weighted by atomic mass is 16.5. The van der Waals surface area contributed by atoms with Crippen LogP contribution in [0.5, 0.6) is 0 Å². The van der Waals surface area contributed by atoms with E-state index in [1.807, 2.05) is 0 Å². The molecule has 3 atom stereocenters. The predicted molar refractivity (Wildman–Crippen MR) is 55.9 cm³/mol. The summed E-state index contributed by atoms with van der Waals surface area (Å²) < 4.78 is 9.46. The number of carbonyl (C=O) groups is 1. The second-order valence-electron chi connectivity index (χ2n) is 3.99. The summed E-state index contributed by atoms with van der Waals surface area (Å²) in [5, 5.41) is 19.1.